The molecule has 5 nitrogen and oxygen atoms in total. The van der Waals surface area contributed by atoms with Crippen LogP contribution in [-0.2, 0) is 6.18 Å². The Balaban J connectivity index is 2.14. The van der Waals surface area contributed by atoms with Crippen LogP contribution in [0.25, 0.3) is 28.1 Å². The van der Waals surface area contributed by atoms with Gasteiger partial charge >= 0.3 is 6.18 Å². The first-order valence-electron chi connectivity index (χ1n) is 7.51. The van der Waals surface area contributed by atoms with Gasteiger partial charge in [-0.2, -0.15) is 13.2 Å². The van der Waals surface area contributed by atoms with Crippen molar-refractivity contribution in [3.63, 3.8) is 0 Å². The zero-order valence-corrected chi connectivity index (χ0v) is 13.3. The van der Waals surface area contributed by atoms with Crippen LogP contribution in [0.1, 0.15) is 17.0 Å². The number of hydrogen-bond acceptors (Lipinski definition) is 4. The standard InChI is InChI=1S/C17H12F3N5/c1-9-12(4-3-7-21-9)16-24-23-15-10(2)22-13-6-5-11(17(18,19)20)8-14(13)25(15)16/h3-8H,1-2H3. The summed E-state index contributed by atoms with van der Waals surface area (Å²) in [4.78, 5) is 8.57. The summed E-state index contributed by atoms with van der Waals surface area (Å²) in [5.74, 6) is 0.440. The Morgan fingerprint density at radius 2 is 1.80 bits per heavy atom. The van der Waals surface area contributed by atoms with Crippen LogP contribution in [-0.4, -0.2) is 24.6 Å². The smallest absolute Gasteiger partial charge is 0.272 e. The van der Waals surface area contributed by atoms with E-state index in [4.69, 9.17) is 0 Å². The number of alkyl halides is 3. The SMILES string of the molecule is Cc1ncccc1-c1nnc2c(C)nc3ccc(C(F)(F)F)cc3n12. The number of aromatic nitrogens is 5. The maximum absolute atomic E-state index is 13.1. The van der Waals surface area contributed by atoms with Crippen molar-refractivity contribution in [2.75, 3.05) is 0 Å². The lowest BCUT2D eigenvalue weighted by atomic mass is 10.1. The minimum absolute atomic E-state index is 0.304. The van der Waals surface area contributed by atoms with Gasteiger partial charge in [-0.25, -0.2) is 4.98 Å². The van der Waals surface area contributed by atoms with Crippen LogP contribution < -0.4 is 0 Å². The maximum Gasteiger partial charge on any atom is 0.416 e. The lowest BCUT2D eigenvalue weighted by Crippen LogP contribution is -2.06. The average Bonchev–Trinajstić information content (AvgIpc) is 3.00. The molecule has 4 aromatic rings. The van der Waals surface area contributed by atoms with Gasteiger partial charge in [0.05, 0.1) is 22.3 Å². The number of pyridine rings is 1. The molecule has 0 spiro atoms. The van der Waals surface area contributed by atoms with Crippen molar-refractivity contribution in [1.82, 2.24) is 24.6 Å². The van der Waals surface area contributed by atoms with E-state index in [1.807, 2.05) is 13.0 Å². The van der Waals surface area contributed by atoms with Crippen LogP contribution in [0.5, 0.6) is 0 Å². The fourth-order valence-corrected chi connectivity index (χ4v) is 2.85. The molecule has 0 unspecified atom stereocenters. The molecule has 0 aliphatic rings. The van der Waals surface area contributed by atoms with E-state index in [0.717, 1.165) is 12.1 Å². The summed E-state index contributed by atoms with van der Waals surface area (Å²) in [6.07, 6.45) is -2.79. The predicted molar refractivity (Wildman–Crippen MR) is 86.0 cm³/mol. The van der Waals surface area contributed by atoms with Crippen molar-refractivity contribution in [2.45, 2.75) is 20.0 Å². The summed E-state index contributed by atoms with van der Waals surface area (Å²) in [7, 11) is 0. The van der Waals surface area contributed by atoms with E-state index in [2.05, 4.69) is 20.2 Å². The van der Waals surface area contributed by atoms with Crippen LogP contribution in [0.15, 0.2) is 36.5 Å². The van der Waals surface area contributed by atoms with Crippen LogP contribution in [0.2, 0.25) is 0 Å². The number of hydrogen-bond donors (Lipinski definition) is 0. The van der Waals surface area contributed by atoms with E-state index in [1.54, 1.807) is 23.6 Å². The van der Waals surface area contributed by atoms with Gasteiger partial charge in [0.2, 0.25) is 0 Å². The number of halogens is 3. The first-order chi connectivity index (χ1) is 11.9. The highest BCUT2D eigenvalue weighted by atomic mass is 19.4. The summed E-state index contributed by atoms with van der Waals surface area (Å²) < 4.78 is 41.0. The molecule has 3 heterocycles. The third-order valence-corrected chi connectivity index (χ3v) is 4.07. The first kappa shape index (κ1) is 15.5. The second-order valence-corrected chi connectivity index (χ2v) is 5.72. The fourth-order valence-electron chi connectivity index (χ4n) is 2.85. The molecule has 0 saturated carbocycles. The van der Waals surface area contributed by atoms with Gasteiger partial charge in [-0.05, 0) is 44.2 Å². The molecule has 0 atom stereocenters. The van der Waals surface area contributed by atoms with Gasteiger partial charge in [0.15, 0.2) is 11.5 Å². The maximum atomic E-state index is 13.1. The van der Waals surface area contributed by atoms with Gasteiger partial charge in [-0.3, -0.25) is 9.38 Å². The summed E-state index contributed by atoms with van der Waals surface area (Å²) >= 11 is 0. The number of rotatable bonds is 1. The van der Waals surface area contributed by atoms with E-state index in [1.165, 1.54) is 6.07 Å². The number of benzene rings is 1. The minimum atomic E-state index is -4.44. The Hall–Kier alpha value is -3.03. The lowest BCUT2D eigenvalue weighted by Gasteiger charge is -2.11. The van der Waals surface area contributed by atoms with Gasteiger partial charge in [-0.15, -0.1) is 10.2 Å². The monoisotopic (exact) mass is 343 g/mol. The summed E-state index contributed by atoms with van der Waals surface area (Å²) in [5, 5.41) is 8.30. The molecular weight excluding hydrogens is 331 g/mol. The van der Waals surface area contributed by atoms with E-state index in [0.29, 0.717) is 39.5 Å². The van der Waals surface area contributed by atoms with Gasteiger partial charge in [-0.1, -0.05) is 0 Å². The van der Waals surface area contributed by atoms with Crippen molar-refractivity contribution < 1.29 is 13.2 Å². The second-order valence-electron chi connectivity index (χ2n) is 5.72. The second kappa shape index (κ2) is 5.23. The van der Waals surface area contributed by atoms with E-state index in [9.17, 15) is 13.2 Å². The molecular formula is C17H12F3N5. The lowest BCUT2D eigenvalue weighted by molar-refractivity contribution is -0.137. The third kappa shape index (κ3) is 2.41. The summed E-state index contributed by atoms with van der Waals surface area (Å²) in [6, 6.07) is 7.03. The molecule has 0 saturated heterocycles. The molecule has 4 rings (SSSR count). The van der Waals surface area contributed by atoms with Crippen molar-refractivity contribution >= 4 is 16.7 Å². The van der Waals surface area contributed by atoms with E-state index >= 15 is 0 Å². The van der Waals surface area contributed by atoms with E-state index in [-0.39, 0.29) is 0 Å². The Morgan fingerprint density at radius 1 is 1.00 bits per heavy atom. The fraction of sp³-hybridized carbons (Fsp3) is 0.176. The molecule has 8 heteroatoms. The molecule has 0 N–H and O–H groups in total. The third-order valence-electron chi connectivity index (χ3n) is 4.07. The Kier molecular flexibility index (Phi) is 3.24. The van der Waals surface area contributed by atoms with E-state index < -0.39 is 11.7 Å². The van der Waals surface area contributed by atoms with Gasteiger partial charge in [0.1, 0.15) is 0 Å². The Bertz CT molecular complexity index is 1110. The number of fused-ring (bicyclic) bond motifs is 3. The molecule has 1 aromatic carbocycles. The highest BCUT2D eigenvalue weighted by Crippen LogP contribution is 2.32. The summed E-state index contributed by atoms with van der Waals surface area (Å²) in [6.45, 7) is 3.56. The normalized spacial score (nSPS) is 12.2. The molecule has 0 aliphatic carbocycles. The topological polar surface area (TPSA) is 56.0 Å². The molecule has 3 aromatic heterocycles. The van der Waals surface area contributed by atoms with Gasteiger partial charge in [0.25, 0.3) is 0 Å². The zero-order chi connectivity index (χ0) is 17.8. The zero-order valence-electron chi connectivity index (χ0n) is 13.3. The minimum Gasteiger partial charge on any atom is -0.272 e. The van der Waals surface area contributed by atoms with Gasteiger partial charge < -0.3 is 0 Å². The van der Waals surface area contributed by atoms with Gasteiger partial charge in [0, 0.05) is 17.5 Å². The first-order valence-corrected chi connectivity index (χ1v) is 7.51. The largest absolute Gasteiger partial charge is 0.416 e. The molecule has 0 fully saturated rings. The van der Waals surface area contributed by atoms with Crippen molar-refractivity contribution in [2.24, 2.45) is 0 Å². The highest BCUT2D eigenvalue weighted by molar-refractivity contribution is 5.82. The highest BCUT2D eigenvalue weighted by Gasteiger charge is 2.31. The van der Waals surface area contributed by atoms with Crippen molar-refractivity contribution in [1.29, 1.82) is 0 Å². The van der Waals surface area contributed by atoms with Crippen LogP contribution >= 0.6 is 0 Å². The van der Waals surface area contributed by atoms with Crippen LogP contribution in [0.3, 0.4) is 0 Å². The molecule has 0 radical (unpaired) electrons. The predicted octanol–water partition coefficient (Wildman–Crippen LogP) is 3.98. The Morgan fingerprint density at radius 3 is 2.52 bits per heavy atom. The van der Waals surface area contributed by atoms with Crippen molar-refractivity contribution in [3.8, 4) is 11.4 Å². The molecule has 0 aliphatic heterocycles. The quantitative estimate of drug-likeness (QED) is 0.525. The summed E-state index contributed by atoms with van der Waals surface area (Å²) in [5.41, 5.74) is 2.44. The molecule has 25 heavy (non-hydrogen) atoms. The number of nitrogens with zero attached hydrogens (tertiary/aromatic N) is 5. The number of aryl methyl sites for hydroxylation is 2. The van der Waals surface area contributed by atoms with Crippen molar-refractivity contribution in [3.05, 3.63) is 53.5 Å². The average molecular weight is 343 g/mol. The van der Waals surface area contributed by atoms with Crippen LogP contribution in [0, 0.1) is 13.8 Å². The van der Waals surface area contributed by atoms with Crippen LogP contribution in [0.4, 0.5) is 13.2 Å². The molecule has 0 amide bonds. The Labute approximate surface area is 140 Å². The molecule has 126 valence electrons. The molecule has 0 bridgehead atoms.